The van der Waals surface area contributed by atoms with Crippen molar-refractivity contribution in [2.45, 2.75) is 52.2 Å². The van der Waals surface area contributed by atoms with E-state index < -0.39 is 9.84 Å². The van der Waals surface area contributed by atoms with Crippen LogP contribution in [0, 0.1) is 11.3 Å². The van der Waals surface area contributed by atoms with Gasteiger partial charge in [0.1, 0.15) is 9.84 Å². The first kappa shape index (κ1) is 16.9. The largest absolute Gasteiger partial charge is 0.393 e. The number of hydrogen-bond donors (Lipinski definition) is 1. The van der Waals surface area contributed by atoms with E-state index in [1.165, 1.54) is 6.26 Å². The normalized spacial score (nSPS) is 29.7. The second-order valence-corrected chi connectivity index (χ2v) is 9.38. The molecule has 5 heteroatoms. The van der Waals surface area contributed by atoms with E-state index in [0.717, 1.165) is 19.3 Å². The van der Waals surface area contributed by atoms with Gasteiger partial charge in [0.15, 0.2) is 0 Å². The fourth-order valence-electron chi connectivity index (χ4n) is 3.10. The minimum atomic E-state index is -2.93. The molecule has 1 rings (SSSR count). The average molecular weight is 291 g/mol. The van der Waals surface area contributed by atoms with E-state index in [1.807, 2.05) is 7.05 Å². The molecule has 0 amide bonds. The molecular weight excluding hydrogens is 262 g/mol. The number of aliphatic hydroxyl groups excluding tert-OH is 1. The third-order valence-corrected chi connectivity index (χ3v) is 5.21. The van der Waals surface area contributed by atoms with Crippen LogP contribution in [0.4, 0.5) is 0 Å². The summed E-state index contributed by atoms with van der Waals surface area (Å²) >= 11 is 0. The Balaban J connectivity index is 2.74. The Morgan fingerprint density at radius 1 is 1.26 bits per heavy atom. The third-order valence-electron chi connectivity index (χ3n) is 4.28. The van der Waals surface area contributed by atoms with Crippen molar-refractivity contribution in [2.24, 2.45) is 11.3 Å². The van der Waals surface area contributed by atoms with Gasteiger partial charge in [-0.1, -0.05) is 20.8 Å². The van der Waals surface area contributed by atoms with Crippen molar-refractivity contribution in [1.82, 2.24) is 4.90 Å². The first-order valence-electron chi connectivity index (χ1n) is 7.07. The highest BCUT2D eigenvalue weighted by Gasteiger charge is 2.38. The lowest BCUT2D eigenvalue weighted by Crippen LogP contribution is -2.49. The van der Waals surface area contributed by atoms with E-state index in [2.05, 4.69) is 25.7 Å². The molecule has 1 N–H and O–H groups in total. The summed E-state index contributed by atoms with van der Waals surface area (Å²) in [4.78, 5) is 2.12. The van der Waals surface area contributed by atoms with Gasteiger partial charge in [-0.25, -0.2) is 8.42 Å². The summed E-state index contributed by atoms with van der Waals surface area (Å²) in [5.41, 5.74) is 0.185. The van der Waals surface area contributed by atoms with Gasteiger partial charge in [0.05, 0.1) is 11.9 Å². The molecule has 0 aromatic heterocycles. The maximum absolute atomic E-state index is 11.3. The molecule has 1 fully saturated rings. The molecule has 19 heavy (non-hydrogen) atoms. The molecular formula is C14H29NO3S. The summed E-state index contributed by atoms with van der Waals surface area (Å²) in [6, 6.07) is 0.269. The average Bonchev–Trinajstić information content (AvgIpc) is 2.23. The lowest BCUT2D eigenvalue weighted by atomic mass is 9.68. The highest BCUT2D eigenvalue weighted by atomic mass is 32.2. The summed E-state index contributed by atoms with van der Waals surface area (Å²) in [5.74, 6) is 0.688. The Bertz CT molecular complexity index is 386. The summed E-state index contributed by atoms with van der Waals surface area (Å²) in [5, 5.41) is 9.90. The quantitative estimate of drug-likeness (QED) is 0.853. The van der Waals surface area contributed by atoms with E-state index in [-0.39, 0.29) is 23.3 Å². The molecule has 1 saturated carbocycles. The van der Waals surface area contributed by atoms with Crippen LogP contribution in [0.5, 0.6) is 0 Å². The van der Waals surface area contributed by atoms with Gasteiger partial charge in [-0.15, -0.1) is 0 Å². The first-order chi connectivity index (χ1) is 8.50. The Kier molecular flexibility index (Phi) is 5.43. The van der Waals surface area contributed by atoms with Crippen LogP contribution < -0.4 is 0 Å². The van der Waals surface area contributed by atoms with Crippen molar-refractivity contribution in [3.63, 3.8) is 0 Å². The van der Waals surface area contributed by atoms with Crippen LogP contribution in [0.2, 0.25) is 0 Å². The Labute approximate surface area is 118 Å². The van der Waals surface area contributed by atoms with Crippen LogP contribution in [0.15, 0.2) is 0 Å². The second kappa shape index (κ2) is 6.10. The van der Waals surface area contributed by atoms with Crippen LogP contribution in [-0.2, 0) is 9.84 Å². The molecule has 3 unspecified atom stereocenters. The topological polar surface area (TPSA) is 57.6 Å². The zero-order chi connectivity index (χ0) is 14.8. The maximum Gasteiger partial charge on any atom is 0.148 e. The molecule has 1 aliphatic rings. The van der Waals surface area contributed by atoms with Crippen molar-refractivity contribution in [3.05, 3.63) is 0 Å². The summed E-state index contributed by atoms with van der Waals surface area (Å²) in [6.45, 7) is 7.23. The monoisotopic (exact) mass is 291 g/mol. The van der Waals surface area contributed by atoms with Crippen LogP contribution in [0.3, 0.4) is 0 Å². The zero-order valence-electron chi connectivity index (χ0n) is 12.9. The van der Waals surface area contributed by atoms with Gasteiger partial charge in [-0.3, -0.25) is 0 Å². The smallest absolute Gasteiger partial charge is 0.148 e. The van der Waals surface area contributed by atoms with Crippen molar-refractivity contribution in [1.29, 1.82) is 0 Å². The summed E-state index contributed by atoms with van der Waals surface area (Å²) in [6.07, 6.45) is 3.65. The first-order valence-corrected chi connectivity index (χ1v) is 9.13. The SMILES string of the molecule is CN(CCS(C)(=O)=O)C1CC(O)CCC1C(C)(C)C. The van der Waals surface area contributed by atoms with E-state index in [1.54, 1.807) is 0 Å². The molecule has 0 heterocycles. The lowest BCUT2D eigenvalue weighted by molar-refractivity contribution is -0.0000994. The number of nitrogens with zero attached hydrogens (tertiary/aromatic N) is 1. The fraction of sp³-hybridized carbons (Fsp3) is 1.00. The number of aliphatic hydroxyl groups is 1. The molecule has 0 aliphatic heterocycles. The van der Waals surface area contributed by atoms with Gasteiger partial charge < -0.3 is 10.0 Å². The standard InChI is InChI=1S/C14H29NO3S/c1-14(2,3)12-7-6-11(16)10-13(12)15(4)8-9-19(5,17)18/h11-13,16H,6-10H2,1-5H3. The van der Waals surface area contributed by atoms with Gasteiger partial charge in [-0.2, -0.15) is 0 Å². The predicted octanol–water partition coefficient (Wildman–Crippen LogP) is 1.54. The van der Waals surface area contributed by atoms with Crippen LogP contribution in [-0.4, -0.2) is 56.2 Å². The third kappa shape index (κ3) is 5.40. The molecule has 1 aliphatic carbocycles. The van der Waals surface area contributed by atoms with Gasteiger partial charge in [-0.05, 0) is 37.6 Å². The Morgan fingerprint density at radius 2 is 1.84 bits per heavy atom. The van der Waals surface area contributed by atoms with Crippen LogP contribution >= 0.6 is 0 Å². The van der Waals surface area contributed by atoms with Gasteiger partial charge >= 0.3 is 0 Å². The molecule has 0 saturated heterocycles. The molecule has 0 aromatic rings. The van der Waals surface area contributed by atoms with E-state index in [4.69, 9.17) is 0 Å². The van der Waals surface area contributed by atoms with Gasteiger partial charge in [0, 0.05) is 18.8 Å². The molecule has 114 valence electrons. The zero-order valence-corrected chi connectivity index (χ0v) is 13.7. The molecule has 0 aromatic carbocycles. The molecule has 3 atom stereocenters. The molecule has 0 radical (unpaired) electrons. The minimum Gasteiger partial charge on any atom is -0.393 e. The highest BCUT2D eigenvalue weighted by molar-refractivity contribution is 7.90. The Hall–Kier alpha value is -0.130. The fourth-order valence-corrected chi connectivity index (χ4v) is 3.72. The molecule has 4 nitrogen and oxygen atoms in total. The van der Waals surface area contributed by atoms with E-state index in [9.17, 15) is 13.5 Å². The van der Waals surface area contributed by atoms with E-state index >= 15 is 0 Å². The highest BCUT2D eigenvalue weighted by Crippen LogP contribution is 2.40. The van der Waals surface area contributed by atoms with Crippen molar-refractivity contribution >= 4 is 9.84 Å². The number of hydrogen-bond acceptors (Lipinski definition) is 4. The minimum absolute atomic E-state index is 0.185. The van der Waals surface area contributed by atoms with Crippen LogP contribution in [0.25, 0.3) is 0 Å². The lowest BCUT2D eigenvalue weighted by Gasteiger charge is -2.46. The molecule has 0 spiro atoms. The maximum atomic E-state index is 11.3. The molecule has 0 bridgehead atoms. The van der Waals surface area contributed by atoms with Gasteiger partial charge in [0.2, 0.25) is 0 Å². The van der Waals surface area contributed by atoms with Gasteiger partial charge in [0.25, 0.3) is 0 Å². The summed E-state index contributed by atoms with van der Waals surface area (Å²) in [7, 11) is -0.950. The van der Waals surface area contributed by atoms with Crippen LogP contribution in [0.1, 0.15) is 40.0 Å². The van der Waals surface area contributed by atoms with Crippen molar-refractivity contribution in [2.75, 3.05) is 25.6 Å². The predicted molar refractivity (Wildman–Crippen MR) is 78.9 cm³/mol. The second-order valence-electron chi connectivity index (χ2n) is 7.12. The van der Waals surface area contributed by atoms with Crippen molar-refractivity contribution < 1.29 is 13.5 Å². The van der Waals surface area contributed by atoms with Crippen molar-refractivity contribution in [3.8, 4) is 0 Å². The summed E-state index contributed by atoms with van der Waals surface area (Å²) < 4.78 is 22.6. The Morgan fingerprint density at radius 3 is 2.32 bits per heavy atom. The number of rotatable bonds is 4. The van der Waals surface area contributed by atoms with E-state index in [0.29, 0.717) is 12.5 Å². The number of sulfone groups is 1.